The van der Waals surface area contributed by atoms with Gasteiger partial charge in [-0.2, -0.15) is 0 Å². The second-order valence-corrected chi connectivity index (χ2v) is 12.6. The number of nitrogens with zero attached hydrogens (tertiary/aromatic N) is 1. The Balaban J connectivity index is 1.60. The molecule has 2 fully saturated rings. The van der Waals surface area contributed by atoms with Crippen LogP contribution in [-0.2, 0) is 19.4 Å². The summed E-state index contributed by atoms with van der Waals surface area (Å²) in [7, 11) is -2.44. The summed E-state index contributed by atoms with van der Waals surface area (Å²) in [6.07, 6.45) is 1.14. The molecule has 0 aromatic heterocycles. The zero-order valence-electron chi connectivity index (χ0n) is 22.7. The van der Waals surface area contributed by atoms with Gasteiger partial charge in [0.05, 0.1) is 29.2 Å². The number of benzene rings is 3. The average Bonchev–Trinajstić information content (AvgIpc) is 3.75. The largest absolute Gasteiger partial charge is 0.494 e. The Morgan fingerprint density at radius 3 is 2.45 bits per heavy atom. The number of nitrogens with one attached hydrogen (secondary N) is 1. The first-order valence-corrected chi connectivity index (χ1v) is 14.9. The minimum Gasteiger partial charge on any atom is -0.494 e. The van der Waals surface area contributed by atoms with Gasteiger partial charge in [-0.1, -0.05) is 30.3 Å². The van der Waals surface area contributed by atoms with Gasteiger partial charge in [0.25, 0.3) is 0 Å². The fourth-order valence-corrected chi connectivity index (χ4v) is 7.36. The second kappa shape index (κ2) is 11.4. The molecule has 3 aromatic carbocycles. The van der Waals surface area contributed by atoms with E-state index in [0.29, 0.717) is 24.1 Å². The Bertz CT molecular complexity index is 1660. The molecule has 0 spiro atoms. The fraction of sp³-hybridized carbons (Fsp3) is 0.300. The molecule has 3 atom stereocenters. The highest BCUT2D eigenvalue weighted by Crippen LogP contribution is 2.44. The van der Waals surface area contributed by atoms with E-state index in [2.05, 4.69) is 5.32 Å². The van der Waals surface area contributed by atoms with Crippen LogP contribution in [0, 0.1) is 11.7 Å². The van der Waals surface area contributed by atoms with E-state index in [1.807, 2.05) is 0 Å². The van der Waals surface area contributed by atoms with Crippen LogP contribution in [0.2, 0.25) is 0 Å². The van der Waals surface area contributed by atoms with Crippen LogP contribution >= 0.6 is 0 Å². The number of likely N-dealkylation sites (tertiary alicyclic amines) is 1. The van der Waals surface area contributed by atoms with Crippen LogP contribution in [-0.4, -0.2) is 55.1 Å². The summed E-state index contributed by atoms with van der Waals surface area (Å²) in [4.78, 5) is 40.0. The van der Waals surface area contributed by atoms with Crippen molar-refractivity contribution in [1.29, 1.82) is 0 Å². The fourth-order valence-electron chi connectivity index (χ4n) is 5.46. The number of carboxylic acids is 1. The van der Waals surface area contributed by atoms with Crippen molar-refractivity contribution >= 4 is 33.3 Å². The van der Waals surface area contributed by atoms with Gasteiger partial charge in [0.15, 0.2) is 21.4 Å². The van der Waals surface area contributed by atoms with Gasteiger partial charge in [-0.25, -0.2) is 12.8 Å². The van der Waals surface area contributed by atoms with Gasteiger partial charge in [0.2, 0.25) is 11.8 Å². The molecule has 1 aliphatic carbocycles. The standard InChI is InChI=1S/C30H30FN3O7S/c1-41-24-16-17(9-12-23(24)31)26(33-19-6-4-5-18(15-19)28(32)35)29(36)34-14-13-22(30(37)38)27(34)21-7-2-3-8-25(21)42(39,40)20-10-11-20/h2-9,12,15-16,20,22,26-27,33H,10-11,13-14H2,1H3,(H2,32,35)(H,37,38)/t22?,26-,27?/m1/s1. The quantitative estimate of drug-likeness (QED) is 0.320. The Labute approximate surface area is 242 Å². The van der Waals surface area contributed by atoms with Gasteiger partial charge < -0.3 is 25.8 Å². The molecule has 2 amide bonds. The summed E-state index contributed by atoms with van der Waals surface area (Å²) in [6, 6.07) is 14.0. The van der Waals surface area contributed by atoms with Gasteiger partial charge in [0.1, 0.15) is 6.04 Å². The highest BCUT2D eigenvalue weighted by Gasteiger charge is 2.47. The van der Waals surface area contributed by atoms with E-state index in [1.165, 1.54) is 42.3 Å². The van der Waals surface area contributed by atoms with Crippen LogP contribution in [0.3, 0.4) is 0 Å². The van der Waals surface area contributed by atoms with Gasteiger partial charge in [-0.05, 0) is 66.8 Å². The van der Waals surface area contributed by atoms with E-state index in [1.54, 1.807) is 30.3 Å². The number of primary amides is 1. The maximum Gasteiger partial charge on any atom is 0.309 e. The predicted molar refractivity (Wildman–Crippen MR) is 151 cm³/mol. The number of ether oxygens (including phenoxy) is 1. The molecule has 12 heteroatoms. The van der Waals surface area contributed by atoms with Gasteiger partial charge >= 0.3 is 5.97 Å². The van der Waals surface area contributed by atoms with Crippen molar-refractivity contribution in [3.8, 4) is 5.75 Å². The summed E-state index contributed by atoms with van der Waals surface area (Å²) in [5, 5.41) is 12.7. The van der Waals surface area contributed by atoms with Crippen LogP contribution < -0.4 is 15.8 Å². The topological polar surface area (TPSA) is 156 Å². The normalized spacial score (nSPS) is 19.2. The Kier molecular flexibility index (Phi) is 7.91. The number of methoxy groups -OCH3 is 1. The summed E-state index contributed by atoms with van der Waals surface area (Å²) in [6.45, 7) is 0.0378. The van der Waals surface area contributed by atoms with Crippen molar-refractivity contribution < 1.29 is 37.0 Å². The Hall–Kier alpha value is -4.45. The molecule has 0 radical (unpaired) electrons. The molecule has 1 saturated carbocycles. The Morgan fingerprint density at radius 2 is 1.79 bits per heavy atom. The number of carbonyl (C=O) groups is 3. The number of carbonyl (C=O) groups excluding carboxylic acids is 2. The number of hydrogen-bond donors (Lipinski definition) is 3. The van der Waals surface area contributed by atoms with Gasteiger partial charge in [0, 0.05) is 17.8 Å². The van der Waals surface area contributed by atoms with Crippen molar-refractivity contribution in [2.24, 2.45) is 11.7 Å². The summed E-state index contributed by atoms with van der Waals surface area (Å²) < 4.78 is 46.2. The van der Waals surface area contributed by atoms with Crippen LogP contribution in [0.1, 0.15) is 52.8 Å². The van der Waals surface area contributed by atoms with E-state index in [0.717, 1.165) is 6.07 Å². The molecule has 10 nitrogen and oxygen atoms in total. The first kappa shape index (κ1) is 29.1. The highest BCUT2D eigenvalue weighted by atomic mass is 32.2. The number of amides is 2. The van der Waals surface area contributed by atoms with Crippen molar-refractivity contribution in [3.05, 3.63) is 89.2 Å². The van der Waals surface area contributed by atoms with E-state index < -0.39 is 56.7 Å². The molecular formula is C30H30FN3O7S. The molecule has 3 aromatic rings. The summed E-state index contributed by atoms with van der Waals surface area (Å²) >= 11 is 0. The number of carboxylic acid groups (broad SMARTS) is 1. The SMILES string of the molecule is COc1cc([C@@H](Nc2cccc(C(N)=O)c2)C(=O)N2CCC(C(=O)O)C2c2ccccc2S(=O)(=O)C2CC2)ccc1F. The minimum atomic E-state index is -3.73. The number of sulfone groups is 1. The summed E-state index contributed by atoms with van der Waals surface area (Å²) in [5.74, 6) is -4.22. The molecular weight excluding hydrogens is 565 g/mol. The number of hydrogen-bond acceptors (Lipinski definition) is 7. The Morgan fingerprint density at radius 1 is 1.05 bits per heavy atom. The predicted octanol–water partition coefficient (Wildman–Crippen LogP) is 3.70. The van der Waals surface area contributed by atoms with Crippen molar-refractivity contribution in [2.75, 3.05) is 19.0 Å². The highest BCUT2D eigenvalue weighted by molar-refractivity contribution is 7.92. The van der Waals surface area contributed by atoms with Crippen LogP contribution in [0.4, 0.5) is 10.1 Å². The zero-order chi connectivity index (χ0) is 30.2. The molecule has 0 bridgehead atoms. The van der Waals surface area contributed by atoms with Crippen LogP contribution in [0.5, 0.6) is 5.75 Å². The average molecular weight is 596 g/mol. The monoisotopic (exact) mass is 595 g/mol. The van der Waals surface area contributed by atoms with E-state index in [-0.39, 0.29) is 34.7 Å². The third-order valence-electron chi connectivity index (χ3n) is 7.72. The first-order valence-electron chi connectivity index (χ1n) is 13.4. The lowest BCUT2D eigenvalue weighted by atomic mass is 9.93. The van der Waals surface area contributed by atoms with Crippen molar-refractivity contribution in [2.45, 2.75) is 41.5 Å². The number of halogens is 1. The third kappa shape index (κ3) is 5.54. The molecule has 1 heterocycles. The van der Waals surface area contributed by atoms with Gasteiger partial charge in [-0.3, -0.25) is 14.4 Å². The van der Waals surface area contributed by atoms with Crippen molar-refractivity contribution in [1.82, 2.24) is 4.90 Å². The first-order chi connectivity index (χ1) is 20.0. The van der Waals surface area contributed by atoms with Crippen LogP contribution in [0.15, 0.2) is 71.6 Å². The third-order valence-corrected chi connectivity index (χ3v) is 10.1. The van der Waals surface area contributed by atoms with E-state index >= 15 is 0 Å². The maximum absolute atomic E-state index is 14.4. The summed E-state index contributed by atoms with van der Waals surface area (Å²) in [5.41, 5.74) is 6.53. The van der Waals surface area contributed by atoms with Crippen LogP contribution in [0.25, 0.3) is 0 Å². The molecule has 1 aliphatic heterocycles. The molecule has 2 unspecified atom stereocenters. The van der Waals surface area contributed by atoms with E-state index in [9.17, 15) is 32.3 Å². The van der Waals surface area contributed by atoms with E-state index in [4.69, 9.17) is 10.5 Å². The molecule has 5 rings (SSSR count). The minimum absolute atomic E-state index is 0.0190. The number of nitrogens with two attached hydrogens (primary N) is 1. The van der Waals surface area contributed by atoms with Crippen molar-refractivity contribution in [3.63, 3.8) is 0 Å². The lowest BCUT2D eigenvalue weighted by molar-refractivity contribution is -0.143. The number of aliphatic carboxylic acids is 1. The molecule has 1 saturated heterocycles. The maximum atomic E-state index is 14.4. The number of anilines is 1. The molecule has 220 valence electrons. The van der Waals surface area contributed by atoms with Gasteiger partial charge in [-0.15, -0.1) is 0 Å². The second-order valence-electron chi connectivity index (χ2n) is 10.4. The molecule has 4 N–H and O–H groups in total. The molecule has 2 aliphatic rings. The lowest BCUT2D eigenvalue weighted by Crippen LogP contribution is -2.40. The zero-order valence-corrected chi connectivity index (χ0v) is 23.5. The number of rotatable bonds is 10. The molecule has 42 heavy (non-hydrogen) atoms. The smallest absolute Gasteiger partial charge is 0.309 e. The lowest BCUT2D eigenvalue weighted by Gasteiger charge is -2.32.